The van der Waals surface area contributed by atoms with Crippen LogP contribution in [0.4, 0.5) is 5.69 Å². The maximum atomic E-state index is 12.3. The third kappa shape index (κ3) is 5.22. The molecule has 8 nitrogen and oxygen atoms in total. The molecule has 0 radical (unpaired) electrons. The number of benzene rings is 1. The summed E-state index contributed by atoms with van der Waals surface area (Å²) in [6, 6.07) is 7.20. The molecular formula is C17H18ClN3O5S2. The summed E-state index contributed by atoms with van der Waals surface area (Å²) in [5.74, 6) is -1.31. The number of anilines is 1. The molecule has 0 aliphatic rings. The molecule has 0 spiro atoms. The van der Waals surface area contributed by atoms with Gasteiger partial charge in [0, 0.05) is 26.0 Å². The van der Waals surface area contributed by atoms with E-state index in [4.69, 9.17) is 16.3 Å². The number of rotatable bonds is 7. The Balaban J connectivity index is 2.07. The van der Waals surface area contributed by atoms with Gasteiger partial charge in [0.15, 0.2) is 6.61 Å². The van der Waals surface area contributed by atoms with Gasteiger partial charge in [0.2, 0.25) is 10.0 Å². The molecule has 0 unspecified atom stereocenters. The van der Waals surface area contributed by atoms with Crippen molar-refractivity contribution in [3.05, 3.63) is 47.1 Å². The average Bonchev–Trinajstić information content (AvgIpc) is 2.67. The number of ether oxygens (including phenoxy) is 1. The van der Waals surface area contributed by atoms with Gasteiger partial charge < -0.3 is 10.1 Å². The van der Waals surface area contributed by atoms with Crippen molar-refractivity contribution < 1.29 is 22.7 Å². The van der Waals surface area contributed by atoms with E-state index >= 15 is 0 Å². The molecule has 1 aromatic carbocycles. The van der Waals surface area contributed by atoms with Crippen molar-refractivity contribution in [3.63, 3.8) is 0 Å². The van der Waals surface area contributed by atoms with Gasteiger partial charge in [-0.25, -0.2) is 22.5 Å². The molecule has 1 N–H and O–H groups in total. The smallest absolute Gasteiger partial charge is 0.341 e. The Morgan fingerprint density at radius 3 is 2.64 bits per heavy atom. The van der Waals surface area contributed by atoms with E-state index in [1.807, 2.05) is 0 Å². The number of nitrogens with zero attached hydrogens (tertiary/aromatic N) is 2. The third-order valence-electron chi connectivity index (χ3n) is 3.49. The van der Waals surface area contributed by atoms with Crippen LogP contribution < -0.4 is 5.32 Å². The summed E-state index contributed by atoms with van der Waals surface area (Å²) in [6.07, 6.45) is 3.32. The Morgan fingerprint density at radius 2 is 2.00 bits per heavy atom. The van der Waals surface area contributed by atoms with E-state index in [1.165, 1.54) is 44.1 Å². The lowest BCUT2D eigenvalue weighted by Gasteiger charge is -2.14. The lowest BCUT2D eigenvalue weighted by Crippen LogP contribution is -2.23. The number of carbonyl (C=O) groups is 2. The molecule has 11 heteroatoms. The average molecular weight is 444 g/mol. The van der Waals surface area contributed by atoms with E-state index in [-0.39, 0.29) is 21.2 Å². The Hall–Kier alpha value is -2.14. The lowest BCUT2D eigenvalue weighted by molar-refractivity contribution is -0.119. The number of esters is 1. The Labute approximate surface area is 172 Å². The van der Waals surface area contributed by atoms with Gasteiger partial charge in [-0.3, -0.25) is 4.79 Å². The zero-order valence-electron chi connectivity index (χ0n) is 15.3. The van der Waals surface area contributed by atoms with Crippen molar-refractivity contribution in [2.45, 2.75) is 9.92 Å². The number of pyridine rings is 1. The van der Waals surface area contributed by atoms with Crippen LogP contribution in [-0.2, 0) is 19.6 Å². The molecule has 0 aliphatic heterocycles. The highest BCUT2D eigenvalue weighted by atomic mass is 35.5. The Bertz CT molecular complexity index is 996. The number of hydrogen-bond donors (Lipinski definition) is 1. The molecule has 1 aromatic heterocycles. The summed E-state index contributed by atoms with van der Waals surface area (Å²) < 4.78 is 30.6. The second-order valence-electron chi connectivity index (χ2n) is 5.62. The summed E-state index contributed by atoms with van der Waals surface area (Å²) in [5.41, 5.74) is 0.464. The second-order valence-corrected chi connectivity index (χ2v) is 8.94. The summed E-state index contributed by atoms with van der Waals surface area (Å²) in [7, 11) is -1.03. The number of carbonyl (C=O) groups excluding carboxylic acids is 2. The highest BCUT2D eigenvalue weighted by Crippen LogP contribution is 2.26. The molecule has 2 aromatic rings. The predicted molar refractivity (Wildman–Crippen MR) is 107 cm³/mol. The Kier molecular flexibility index (Phi) is 7.41. The fourth-order valence-electron chi connectivity index (χ4n) is 2.09. The molecule has 1 heterocycles. The van der Waals surface area contributed by atoms with E-state index in [1.54, 1.807) is 24.6 Å². The molecule has 2 rings (SSSR count). The molecule has 1 amide bonds. The van der Waals surface area contributed by atoms with Crippen molar-refractivity contribution in [2.24, 2.45) is 0 Å². The number of hydrogen-bond acceptors (Lipinski definition) is 7. The molecule has 0 aliphatic carbocycles. The van der Waals surface area contributed by atoms with Gasteiger partial charge in [-0.1, -0.05) is 11.6 Å². The molecular weight excluding hydrogens is 426 g/mol. The molecule has 28 heavy (non-hydrogen) atoms. The number of amides is 1. The van der Waals surface area contributed by atoms with Gasteiger partial charge in [0.25, 0.3) is 5.91 Å². The van der Waals surface area contributed by atoms with Crippen LogP contribution in [-0.4, -0.2) is 56.5 Å². The highest BCUT2D eigenvalue weighted by Gasteiger charge is 2.22. The fraction of sp³-hybridized carbons (Fsp3) is 0.235. The zero-order valence-corrected chi connectivity index (χ0v) is 17.7. The maximum Gasteiger partial charge on any atom is 0.341 e. The van der Waals surface area contributed by atoms with Gasteiger partial charge in [-0.2, -0.15) is 0 Å². The van der Waals surface area contributed by atoms with Crippen LogP contribution in [0.3, 0.4) is 0 Å². The minimum Gasteiger partial charge on any atom is -0.452 e. The van der Waals surface area contributed by atoms with Gasteiger partial charge in [0.05, 0.1) is 10.6 Å². The first kappa shape index (κ1) is 22.2. The van der Waals surface area contributed by atoms with Crippen molar-refractivity contribution in [1.82, 2.24) is 9.29 Å². The van der Waals surface area contributed by atoms with Crippen LogP contribution >= 0.6 is 23.4 Å². The number of nitrogens with one attached hydrogen (secondary N) is 1. The quantitative estimate of drug-likeness (QED) is 0.517. The Morgan fingerprint density at radius 1 is 1.29 bits per heavy atom. The summed E-state index contributed by atoms with van der Waals surface area (Å²) in [5, 5.41) is 2.99. The summed E-state index contributed by atoms with van der Waals surface area (Å²) in [4.78, 5) is 28.1. The van der Waals surface area contributed by atoms with E-state index < -0.39 is 28.5 Å². The lowest BCUT2D eigenvalue weighted by atomic mass is 10.3. The molecule has 0 fully saturated rings. The fourth-order valence-corrected chi connectivity index (χ4v) is 4.02. The second kappa shape index (κ2) is 9.37. The summed E-state index contributed by atoms with van der Waals surface area (Å²) >= 11 is 7.25. The van der Waals surface area contributed by atoms with Crippen LogP contribution in [0.2, 0.25) is 5.02 Å². The van der Waals surface area contributed by atoms with Crippen LogP contribution in [0.25, 0.3) is 0 Å². The van der Waals surface area contributed by atoms with E-state index in [2.05, 4.69) is 10.3 Å². The van der Waals surface area contributed by atoms with Crippen molar-refractivity contribution in [1.29, 1.82) is 0 Å². The monoisotopic (exact) mass is 443 g/mol. The van der Waals surface area contributed by atoms with Crippen LogP contribution in [0.1, 0.15) is 10.4 Å². The third-order valence-corrected chi connectivity index (χ3v) is 6.50. The van der Waals surface area contributed by atoms with Crippen LogP contribution in [0.15, 0.2) is 46.5 Å². The summed E-state index contributed by atoms with van der Waals surface area (Å²) in [6.45, 7) is -0.542. The highest BCUT2D eigenvalue weighted by molar-refractivity contribution is 7.98. The van der Waals surface area contributed by atoms with Crippen molar-refractivity contribution in [3.8, 4) is 0 Å². The molecule has 150 valence electrons. The normalized spacial score (nSPS) is 11.3. The first-order valence-electron chi connectivity index (χ1n) is 7.85. The number of halogens is 1. The molecule has 0 saturated heterocycles. The maximum absolute atomic E-state index is 12.3. The zero-order chi connectivity index (χ0) is 20.9. The molecule has 0 saturated carbocycles. The van der Waals surface area contributed by atoms with Crippen molar-refractivity contribution in [2.75, 3.05) is 32.3 Å². The largest absolute Gasteiger partial charge is 0.452 e. The van der Waals surface area contributed by atoms with Crippen molar-refractivity contribution >= 4 is 50.9 Å². The van der Waals surface area contributed by atoms with E-state index in [0.717, 1.165) is 4.31 Å². The first-order chi connectivity index (χ1) is 13.2. The minimum absolute atomic E-state index is 0.0271. The molecule has 0 bridgehead atoms. The minimum atomic E-state index is -3.78. The first-order valence-corrected chi connectivity index (χ1v) is 10.9. The predicted octanol–water partition coefficient (Wildman–Crippen LogP) is 2.50. The van der Waals surface area contributed by atoms with Crippen LogP contribution in [0.5, 0.6) is 0 Å². The number of aromatic nitrogens is 1. The number of thioether (sulfide) groups is 1. The van der Waals surface area contributed by atoms with Crippen LogP contribution in [0, 0.1) is 0 Å². The van der Waals surface area contributed by atoms with Gasteiger partial charge >= 0.3 is 5.97 Å². The SMILES string of the molecule is CSc1ncccc1C(=O)OCC(=O)Nc1ccc(Cl)c(S(=O)(=O)N(C)C)c1. The van der Waals surface area contributed by atoms with E-state index in [9.17, 15) is 18.0 Å². The van der Waals surface area contributed by atoms with Gasteiger partial charge in [-0.05, 0) is 36.6 Å². The number of sulfonamides is 1. The van der Waals surface area contributed by atoms with Gasteiger partial charge in [-0.15, -0.1) is 11.8 Å². The van der Waals surface area contributed by atoms with E-state index in [0.29, 0.717) is 5.03 Å². The molecule has 0 atom stereocenters. The topological polar surface area (TPSA) is 106 Å². The van der Waals surface area contributed by atoms with Gasteiger partial charge in [0.1, 0.15) is 9.92 Å². The standard InChI is InChI=1S/C17H18ClN3O5S2/c1-21(2)28(24,25)14-9-11(6-7-13(14)18)20-15(22)10-26-17(23)12-5-4-8-19-16(12)27-3/h4-9H,10H2,1-3H3,(H,20,22).